The van der Waals surface area contributed by atoms with Gasteiger partial charge in [0.25, 0.3) is 0 Å². The molecule has 10 aromatic carbocycles. The van der Waals surface area contributed by atoms with Gasteiger partial charge in [0.1, 0.15) is 11.2 Å². The zero-order valence-corrected chi connectivity index (χ0v) is 31.9. The third-order valence-electron chi connectivity index (χ3n) is 11.9. The lowest BCUT2D eigenvalue weighted by molar-refractivity contribution is 0.669. The lowest BCUT2D eigenvalue weighted by Gasteiger charge is -2.16. The quantitative estimate of drug-likeness (QED) is 0.130. The van der Waals surface area contributed by atoms with Crippen LogP contribution in [0.3, 0.4) is 0 Å². The van der Waals surface area contributed by atoms with E-state index in [1.54, 1.807) is 0 Å². The first-order valence-electron chi connectivity index (χ1n) is 20.1. The molecular weight excluding hydrogens is 717 g/mol. The summed E-state index contributed by atoms with van der Waals surface area (Å²) in [4.78, 5) is 10.4. The fourth-order valence-electron chi connectivity index (χ4n) is 9.06. The molecule has 0 radical (unpaired) electrons. The minimum Gasteiger partial charge on any atom is -0.456 e. The Hall–Kier alpha value is -7.88. The Balaban J connectivity index is 0.992. The SMILES string of the molecule is c1ccc(-c2nc(-c3ccc4oc5ccccc5c4c3)cc(-c3ccc(-c4ccc(-c5c6ccccc6cc6c5ccc5ccccc56)cc4)c4ccccc34)n2)cc1. The highest BCUT2D eigenvalue weighted by Gasteiger charge is 2.17. The molecule has 0 bridgehead atoms. The molecule has 274 valence electrons. The summed E-state index contributed by atoms with van der Waals surface area (Å²) in [6.07, 6.45) is 0. The summed E-state index contributed by atoms with van der Waals surface area (Å²) < 4.78 is 6.17. The van der Waals surface area contributed by atoms with Crippen molar-refractivity contribution in [3.8, 4) is 56.2 Å². The summed E-state index contributed by atoms with van der Waals surface area (Å²) in [6, 6.07) is 73.5. The van der Waals surface area contributed by atoms with Crippen LogP contribution >= 0.6 is 0 Å². The van der Waals surface area contributed by atoms with Crippen molar-refractivity contribution in [2.45, 2.75) is 0 Å². The molecule has 0 aliphatic rings. The van der Waals surface area contributed by atoms with Gasteiger partial charge < -0.3 is 4.42 Å². The summed E-state index contributed by atoms with van der Waals surface area (Å²) in [5, 5.41) is 12.1. The standard InChI is InChI=1S/C56H34N2O/c1-2-13-38(14-3-1)56-57-51(40-27-31-54-50(33-40)47-20-10-11-21-53(47)59-54)34-52(58-56)46-30-29-42(44-18-8-9-19-45(44)46)36-22-24-37(25-23-36)55-43-17-7-5-15-39(43)32-49-41-16-6-4-12-35(41)26-28-48(49)55/h1-34H. The van der Waals surface area contributed by atoms with Crippen molar-refractivity contribution in [2.75, 3.05) is 0 Å². The number of aromatic nitrogens is 2. The van der Waals surface area contributed by atoms with Crippen molar-refractivity contribution in [3.63, 3.8) is 0 Å². The topological polar surface area (TPSA) is 38.9 Å². The molecule has 0 saturated carbocycles. The number of hydrogen-bond donors (Lipinski definition) is 0. The number of furan rings is 1. The van der Waals surface area contributed by atoms with Crippen LogP contribution in [0.25, 0.3) is 121 Å². The van der Waals surface area contributed by atoms with E-state index in [9.17, 15) is 0 Å². The number of nitrogens with zero attached hydrogens (tertiary/aromatic N) is 2. The molecule has 0 fully saturated rings. The molecule has 59 heavy (non-hydrogen) atoms. The summed E-state index contributed by atoms with van der Waals surface area (Å²) in [5.41, 5.74) is 11.3. The average molecular weight is 751 g/mol. The molecule has 2 heterocycles. The Kier molecular flexibility index (Phi) is 7.54. The molecule has 3 nitrogen and oxygen atoms in total. The zero-order valence-electron chi connectivity index (χ0n) is 31.9. The zero-order chi connectivity index (χ0) is 38.9. The molecule has 3 heteroatoms. The van der Waals surface area contributed by atoms with Crippen molar-refractivity contribution >= 4 is 65.0 Å². The average Bonchev–Trinajstić information content (AvgIpc) is 3.69. The van der Waals surface area contributed by atoms with Crippen molar-refractivity contribution < 1.29 is 4.42 Å². The fourth-order valence-corrected chi connectivity index (χ4v) is 9.06. The number of para-hydroxylation sites is 1. The second-order valence-electron chi connectivity index (χ2n) is 15.3. The number of benzene rings is 10. The van der Waals surface area contributed by atoms with Gasteiger partial charge in [0.15, 0.2) is 5.82 Å². The number of rotatable bonds is 5. The van der Waals surface area contributed by atoms with Gasteiger partial charge in [0, 0.05) is 27.5 Å². The Morgan fingerprint density at radius 3 is 1.73 bits per heavy atom. The van der Waals surface area contributed by atoms with E-state index in [4.69, 9.17) is 14.4 Å². The Morgan fingerprint density at radius 1 is 0.288 bits per heavy atom. The first-order valence-corrected chi connectivity index (χ1v) is 20.1. The highest BCUT2D eigenvalue weighted by Crippen LogP contribution is 2.42. The van der Waals surface area contributed by atoms with E-state index in [1.165, 1.54) is 60.0 Å². The van der Waals surface area contributed by atoms with Gasteiger partial charge in [-0.1, -0.05) is 170 Å². The second-order valence-corrected chi connectivity index (χ2v) is 15.3. The summed E-state index contributed by atoms with van der Waals surface area (Å²) in [7, 11) is 0. The van der Waals surface area contributed by atoms with Gasteiger partial charge in [-0.3, -0.25) is 0 Å². The van der Waals surface area contributed by atoms with Crippen LogP contribution < -0.4 is 0 Å². The van der Waals surface area contributed by atoms with Crippen LogP contribution in [0.1, 0.15) is 0 Å². The predicted octanol–water partition coefficient (Wildman–Crippen LogP) is 15.3. The third kappa shape index (κ3) is 5.51. The van der Waals surface area contributed by atoms with E-state index in [0.29, 0.717) is 5.82 Å². The van der Waals surface area contributed by atoms with Gasteiger partial charge in [0.05, 0.1) is 11.4 Å². The molecule has 0 aliphatic carbocycles. The highest BCUT2D eigenvalue weighted by atomic mass is 16.3. The normalized spacial score (nSPS) is 11.7. The molecular formula is C56H34N2O. The van der Waals surface area contributed by atoms with Crippen LogP contribution in [0.15, 0.2) is 211 Å². The molecule has 0 saturated heterocycles. The Morgan fingerprint density at radius 2 is 0.898 bits per heavy atom. The van der Waals surface area contributed by atoms with E-state index >= 15 is 0 Å². The summed E-state index contributed by atoms with van der Waals surface area (Å²) >= 11 is 0. The maximum atomic E-state index is 6.17. The van der Waals surface area contributed by atoms with E-state index in [-0.39, 0.29) is 0 Å². The van der Waals surface area contributed by atoms with Gasteiger partial charge in [-0.2, -0.15) is 0 Å². The van der Waals surface area contributed by atoms with Gasteiger partial charge in [-0.25, -0.2) is 9.97 Å². The largest absolute Gasteiger partial charge is 0.456 e. The molecule has 0 unspecified atom stereocenters. The number of hydrogen-bond acceptors (Lipinski definition) is 3. The summed E-state index contributed by atoms with van der Waals surface area (Å²) in [6.45, 7) is 0. The first kappa shape index (κ1) is 33.3. The van der Waals surface area contributed by atoms with Crippen LogP contribution in [0.4, 0.5) is 0 Å². The minimum atomic E-state index is 0.688. The molecule has 12 rings (SSSR count). The predicted molar refractivity (Wildman–Crippen MR) is 247 cm³/mol. The van der Waals surface area contributed by atoms with E-state index < -0.39 is 0 Å². The Bertz CT molecular complexity index is 3600. The lowest BCUT2D eigenvalue weighted by atomic mass is 9.88. The monoisotopic (exact) mass is 750 g/mol. The van der Waals surface area contributed by atoms with Gasteiger partial charge in [0.2, 0.25) is 0 Å². The molecule has 0 aliphatic heterocycles. The maximum Gasteiger partial charge on any atom is 0.160 e. The van der Waals surface area contributed by atoms with Crippen LogP contribution in [-0.2, 0) is 0 Å². The van der Waals surface area contributed by atoms with E-state index in [2.05, 4.69) is 176 Å². The highest BCUT2D eigenvalue weighted by molar-refractivity contribution is 6.20. The molecule has 0 N–H and O–H groups in total. The van der Waals surface area contributed by atoms with Gasteiger partial charge >= 0.3 is 0 Å². The molecule has 0 atom stereocenters. The van der Waals surface area contributed by atoms with E-state index in [1.807, 2.05) is 30.3 Å². The van der Waals surface area contributed by atoms with Crippen molar-refractivity contribution in [1.82, 2.24) is 9.97 Å². The van der Waals surface area contributed by atoms with Crippen LogP contribution in [0.5, 0.6) is 0 Å². The van der Waals surface area contributed by atoms with E-state index in [0.717, 1.165) is 55.4 Å². The molecule has 0 spiro atoms. The van der Waals surface area contributed by atoms with Crippen molar-refractivity contribution in [1.29, 1.82) is 0 Å². The van der Waals surface area contributed by atoms with Crippen molar-refractivity contribution in [3.05, 3.63) is 206 Å². The first-order chi connectivity index (χ1) is 29.2. The van der Waals surface area contributed by atoms with Crippen LogP contribution in [-0.4, -0.2) is 9.97 Å². The third-order valence-corrected chi connectivity index (χ3v) is 11.9. The molecule has 2 aromatic heterocycles. The second kappa shape index (κ2) is 13.4. The van der Waals surface area contributed by atoms with Crippen LogP contribution in [0, 0.1) is 0 Å². The lowest BCUT2D eigenvalue weighted by Crippen LogP contribution is -1.96. The molecule has 12 aromatic rings. The smallest absolute Gasteiger partial charge is 0.160 e. The number of fused-ring (bicyclic) bond motifs is 8. The fraction of sp³-hybridized carbons (Fsp3) is 0. The van der Waals surface area contributed by atoms with Crippen molar-refractivity contribution in [2.24, 2.45) is 0 Å². The maximum absolute atomic E-state index is 6.17. The molecule has 0 amide bonds. The van der Waals surface area contributed by atoms with Crippen LogP contribution in [0.2, 0.25) is 0 Å². The Labute approximate surface area is 340 Å². The minimum absolute atomic E-state index is 0.688. The van der Waals surface area contributed by atoms with Gasteiger partial charge in [-0.15, -0.1) is 0 Å². The summed E-state index contributed by atoms with van der Waals surface area (Å²) in [5.74, 6) is 0.688. The van der Waals surface area contributed by atoms with Gasteiger partial charge in [-0.05, 0) is 102 Å².